The van der Waals surface area contributed by atoms with Crippen molar-refractivity contribution in [3.63, 3.8) is 0 Å². The van der Waals surface area contributed by atoms with Crippen molar-refractivity contribution in [2.75, 3.05) is 4.90 Å². The maximum atomic E-state index is 3.94. The summed E-state index contributed by atoms with van der Waals surface area (Å²) in [4.78, 5) is 2.44. The molecule has 1 spiro atoms. The third-order valence-electron chi connectivity index (χ3n) is 13.2. The zero-order valence-corrected chi connectivity index (χ0v) is 34.1. The van der Waals surface area contributed by atoms with E-state index in [-0.39, 0.29) is 12.2 Å². The van der Waals surface area contributed by atoms with Crippen LogP contribution in [0.5, 0.6) is 0 Å². The highest BCUT2D eigenvalue weighted by Gasteiger charge is 2.51. The van der Waals surface area contributed by atoms with E-state index in [9.17, 15) is 0 Å². The van der Waals surface area contributed by atoms with Crippen LogP contribution in [0.2, 0.25) is 0 Å². The predicted molar refractivity (Wildman–Crippen MR) is 255 cm³/mol. The van der Waals surface area contributed by atoms with E-state index < -0.39 is 5.41 Å². The van der Waals surface area contributed by atoms with E-state index in [1.807, 2.05) is 0 Å². The van der Waals surface area contributed by atoms with Crippen LogP contribution in [0.1, 0.15) is 51.2 Å². The fourth-order valence-corrected chi connectivity index (χ4v) is 10.4. The number of para-hydroxylation sites is 3. The van der Waals surface area contributed by atoms with Gasteiger partial charge in [0, 0.05) is 11.4 Å². The van der Waals surface area contributed by atoms with E-state index in [1.54, 1.807) is 0 Å². The minimum atomic E-state index is -0.475. The molecule has 12 rings (SSSR count). The topological polar surface area (TPSA) is 27.3 Å². The summed E-state index contributed by atoms with van der Waals surface area (Å²) in [5.41, 5.74) is 20.4. The van der Waals surface area contributed by atoms with Gasteiger partial charge in [-0.3, -0.25) is 5.32 Å². The Kier molecular flexibility index (Phi) is 8.62. The molecule has 0 saturated carbocycles. The summed E-state index contributed by atoms with van der Waals surface area (Å²) in [6.45, 7) is 0. The number of benzene rings is 9. The van der Waals surface area contributed by atoms with E-state index >= 15 is 0 Å². The lowest BCUT2D eigenvalue weighted by Crippen LogP contribution is -2.39. The van der Waals surface area contributed by atoms with Gasteiger partial charge in [0.25, 0.3) is 0 Å². The Labute approximate surface area is 363 Å². The molecule has 9 aromatic carbocycles. The van der Waals surface area contributed by atoms with Crippen molar-refractivity contribution >= 4 is 22.8 Å². The van der Waals surface area contributed by atoms with E-state index in [1.165, 1.54) is 78.1 Å². The monoisotopic (exact) mass is 793 g/mol. The van der Waals surface area contributed by atoms with Crippen LogP contribution in [0.15, 0.2) is 237 Å². The summed E-state index contributed by atoms with van der Waals surface area (Å²) in [6, 6.07) is 84.3. The molecule has 62 heavy (non-hydrogen) atoms. The molecular formula is C59H43N3. The number of nitrogens with zero attached hydrogens (tertiary/aromatic N) is 1. The summed E-state index contributed by atoms with van der Waals surface area (Å²) >= 11 is 0. The predicted octanol–water partition coefficient (Wildman–Crippen LogP) is 14.1. The standard InChI is InChI=1S/C59H43N3/c1-4-17-40(18-5-1)41-31-33-42(34-32-41)54-39-55(61-58(60-54)43-19-6-2-7-20-43)46-22-16-21-44(37-46)45-35-36-51-49(38-45)48-25-10-11-26-50(48)59(51)52-27-12-14-29-56(52)62(47-23-8-3-9-24-47)57-30-15-13-28-53(57)59/h1-39,55,58,60-61H. The van der Waals surface area contributed by atoms with Crippen LogP contribution in [0.3, 0.4) is 0 Å². The number of nitrogens with one attached hydrogen (secondary N) is 2. The highest BCUT2D eigenvalue weighted by atomic mass is 15.2. The smallest absolute Gasteiger partial charge is 0.104 e. The van der Waals surface area contributed by atoms with Gasteiger partial charge < -0.3 is 10.2 Å². The summed E-state index contributed by atoms with van der Waals surface area (Å²) in [7, 11) is 0. The highest BCUT2D eigenvalue weighted by molar-refractivity contribution is 5.96. The quantitative estimate of drug-likeness (QED) is 0.176. The average molecular weight is 794 g/mol. The molecule has 0 bridgehead atoms. The van der Waals surface area contributed by atoms with Crippen molar-refractivity contribution in [3.8, 4) is 33.4 Å². The van der Waals surface area contributed by atoms with Crippen molar-refractivity contribution in [3.05, 3.63) is 276 Å². The molecule has 3 nitrogen and oxygen atoms in total. The minimum Gasteiger partial charge on any atom is -0.366 e. The van der Waals surface area contributed by atoms with Gasteiger partial charge in [0.05, 0.1) is 22.8 Å². The summed E-state index contributed by atoms with van der Waals surface area (Å²) in [5.74, 6) is 0. The third kappa shape index (κ3) is 5.78. The molecular weight excluding hydrogens is 751 g/mol. The van der Waals surface area contributed by atoms with E-state index in [0.29, 0.717) is 0 Å². The second kappa shape index (κ2) is 14.8. The van der Waals surface area contributed by atoms with Crippen LogP contribution in [0, 0.1) is 0 Å². The van der Waals surface area contributed by atoms with Crippen LogP contribution in [-0.4, -0.2) is 0 Å². The van der Waals surface area contributed by atoms with Gasteiger partial charge in [0.15, 0.2) is 0 Å². The highest BCUT2D eigenvalue weighted by Crippen LogP contribution is 2.63. The zero-order valence-electron chi connectivity index (χ0n) is 34.1. The molecule has 3 heteroatoms. The number of rotatable bonds is 6. The largest absolute Gasteiger partial charge is 0.366 e. The number of fused-ring (bicyclic) bond motifs is 9. The zero-order chi connectivity index (χ0) is 41.0. The molecule has 294 valence electrons. The lowest BCUT2D eigenvalue weighted by Gasteiger charge is -2.45. The molecule has 2 aliphatic heterocycles. The average Bonchev–Trinajstić information content (AvgIpc) is 3.65. The van der Waals surface area contributed by atoms with Gasteiger partial charge in [0.1, 0.15) is 6.17 Å². The van der Waals surface area contributed by atoms with Gasteiger partial charge >= 0.3 is 0 Å². The summed E-state index contributed by atoms with van der Waals surface area (Å²) < 4.78 is 0. The molecule has 3 aliphatic rings. The summed E-state index contributed by atoms with van der Waals surface area (Å²) in [6.07, 6.45) is 2.28. The van der Waals surface area contributed by atoms with Gasteiger partial charge in [-0.1, -0.05) is 194 Å². The lowest BCUT2D eigenvalue weighted by molar-refractivity contribution is 0.443. The molecule has 2 N–H and O–H groups in total. The summed E-state index contributed by atoms with van der Waals surface area (Å²) in [5, 5.41) is 7.77. The molecule has 2 heterocycles. The van der Waals surface area contributed by atoms with Crippen molar-refractivity contribution in [2.45, 2.75) is 17.6 Å². The van der Waals surface area contributed by atoms with Gasteiger partial charge in [-0.15, -0.1) is 0 Å². The third-order valence-corrected chi connectivity index (χ3v) is 13.2. The van der Waals surface area contributed by atoms with Crippen LogP contribution in [0.25, 0.3) is 39.1 Å². The first-order valence-corrected chi connectivity index (χ1v) is 21.6. The van der Waals surface area contributed by atoms with E-state index in [2.05, 4.69) is 252 Å². The van der Waals surface area contributed by atoms with Crippen molar-refractivity contribution in [2.24, 2.45) is 0 Å². The Balaban J connectivity index is 0.960. The Morgan fingerprint density at radius 3 is 1.61 bits per heavy atom. The lowest BCUT2D eigenvalue weighted by atomic mass is 9.64. The first-order chi connectivity index (χ1) is 30.7. The Bertz CT molecular complexity index is 3090. The molecule has 0 amide bonds. The molecule has 9 aromatic rings. The molecule has 0 saturated heterocycles. The number of hydrogen-bond acceptors (Lipinski definition) is 3. The molecule has 0 radical (unpaired) electrons. The van der Waals surface area contributed by atoms with Crippen molar-refractivity contribution in [1.29, 1.82) is 0 Å². The van der Waals surface area contributed by atoms with Crippen molar-refractivity contribution < 1.29 is 0 Å². The Morgan fingerprint density at radius 1 is 0.371 bits per heavy atom. The first-order valence-electron chi connectivity index (χ1n) is 21.6. The molecule has 0 aromatic heterocycles. The normalized spacial score (nSPS) is 16.6. The second-order valence-corrected chi connectivity index (χ2v) is 16.5. The Hall–Kier alpha value is -7.72. The molecule has 2 unspecified atom stereocenters. The van der Waals surface area contributed by atoms with Crippen LogP contribution in [0.4, 0.5) is 17.1 Å². The first kappa shape index (κ1) is 36.2. The van der Waals surface area contributed by atoms with Gasteiger partial charge in [0.2, 0.25) is 0 Å². The van der Waals surface area contributed by atoms with Gasteiger partial charge in [-0.05, 0) is 115 Å². The number of anilines is 3. The molecule has 2 atom stereocenters. The maximum absolute atomic E-state index is 3.94. The molecule has 1 aliphatic carbocycles. The molecule has 0 fully saturated rings. The second-order valence-electron chi connectivity index (χ2n) is 16.5. The number of hydrogen-bond donors (Lipinski definition) is 2. The van der Waals surface area contributed by atoms with Gasteiger partial charge in [-0.25, -0.2) is 0 Å². The van der Waals surface area contributed by atoms with Gasteiger partial charge in [-0.2, -0.15) is 0 Å². The SMILES string of the molecule is C1=C(c2ccc(-c3ccccc3)cc2)NC(c2ccccc2)NC1c1cccc(-c2ccc3c(c2)-c2ccccc2C32c3ccccc3N(c3ccccc3)c3ccccc32)c1. The maximum Gasteiger partial charge on any atom is 0.104 e. The van der Waals surface area contributed by atoms with Crippen LogP contribution >= 0.6 is 0 Å². The minimum absolute atomic E-state index is 0.0218. The fraction of sp³-hybridized carbons (Fsp3) is 0.0508. The fourth-order valence-electron chi connectivity index (χ4n) is 10.4. The van der Waals surface area contributed by atoms with Crippen LogP contribution in [-0.2, 0) is 5.41 Å². The van der Waals surface area contributed by atoms with Crippen LogP contribution < -0.4 is 15.5 Å². The van der Waals surface area contributed by atoms with Crippen molar-refractivity contribution in [1.82, 2.24) is 10.6 Å². The van der Waals surface area contributed by atoms with E-state index in [4.69, 9.17) is 0 Å². The Morgan fingerprint density at radius 2 is 0.887 bits per heavy atom. The van der Waals surface area contributed by atoms with E-state index in [0.717, 1.165) is 16.9 Å².